The Labute approximate surface area is 237 Å². The van der Waals surface area contributed by atoms with Gasteiger partial charge in [-0.25, -0.2) is 14.5 Å². The molecule has 0 N–H and O–H groups in total. The molecule has 0 bridgehead atoms. The highest BCUT2D eigenvalue weighted by atomic mass is 16.4. The van der Waals surface area contributed by atoms with Crippen LogP contribution in [0.2, 0.25) is 0 Å². The van der Waals surface area contributed by atoms with Gasteiger partial charge in [0, 0.05) is 28.3 Å². The van der Waals surface area contributed by atoms with E-state index in [1.165, 1.54) is 0 Å². The summed E-state index contributed by atoms with van der Waals surface area (Å²) in [6, 6.07) is 41.8. The number of aryl methyl sites for hydroxylation is 1. The van der Waals surface area contributed by atoms with Crippen molar-refractivity contribution in [3.05, 3.63) is 150 Å². The largest absolute Gasteiger partial charge is 0.422 e. The highest BCUT2D eigenvalue weighted by Gasteiger charge is 2.18. The SMILES string of the molecule is Cc1ccc(-c2cc(-c3cn(-c4ccccc4)nc3-c3ccccc3)cc(-c3cc4ccccc4oc3=O)n2)cc1. The molecule has 3 aromatic heterocycles. The van der Waals surface area contributed by atoms with Crippen LogP contribution in [0.3, 0.4) is 0 Å². The van der Waals surface area contributed by atoms with Crippen molar-refractivity contribution in [2.75, 3.05) is 0 Å². The predicted molar refractivity (Wildman–Crippen MR) is 164 cm³/mol. The lowest BCUT2D eigenvalue weighted by Gasteiger charge is -2.10. The second-order valence-electron chi connectivity index (χ2n) is 10.0. The second kappa shape index (κ2) is 10.2. The van der Waals surface area contributed by atoms with Crippen molar-refractivity contribution in [1.82, 2.24) is 14.8 Å². The first-order valence-corrected chi connectivity index (χ1v) is 13.5. The Kier molecular flexibility index (Phi) is 6.10. The molecule has 7 rings (SSSR count). The number of pyridine rings is 1. The fourth-order valence-electron chi connectivity index (χ4n) is 5.04. The molecule has 4 aromatic carbocycles. The number of rotatable bonds is 5. The van der Waals surface area contributed by atoms with Crippen LogP contribution in [0, 0.1) is 6.92 Å². The third-order valence-corrected chi connectivity index (χ3v) is 7.18. The van der Waals surface area contributed by atoms with Gasteiger partial charge in [-0.05, 0) is 48.9 Å². The standard InChI is InChI=1S/C36H25N3O2/c1-24-16-18-25(19-17-24)32-21-28(22-33(37-32)30-20-27-12-8-9-15-34(27)41-36(30)40)31-23-39(29-13-6-3-7-14-29)38-35(31)26-10-4-2-5-11-26/h2-23H,1H3. The maximum Gasteiger partial charge on any atom is 0.345 e. The smallest absolute Gasteiger partial charge is 0.345 e. The van der Waals surface area contributed by atoms with Crippen LogP contribution in [-0.2, 0) is 0 Å². The van der Waals surface area contributed by atoms with Crippen LogP contribution in [0.1, 0.15) is 5.56 Å². The van der Waals surface area contributed by atoms with Crippen LogP contribution >= 0.6 is 0 Å². The van der Waals surface area contributed by atoms with Gasteiger partial charge in [-0.1, -0.05) is 96.6 Å². The van der Waals surface area contributed by atoms with Gasteiger partial charge in [-0.15, -0.1) is 0 Å². The van der Waals surface area contributed by atoms with Crippen LogP contribution in [0.15, 0.2) is 143 Å². The summed E-state index contributed by atoms with van der Waals surface area (Å²) >= 11 is 0. The lowest BCUT2D eigenvalue weighted by molar-refractivity contribution is 0.563. The van der Waals surface area contributed by atoms with Crippen LogP contribution in [0.5, 0.6) is 0 Å². The summed E-state index contributed by atoms with van der Waals surface area (Å²) in [7, 11) is 0. The number of aromatic nitrogens is 3. The molecule has 5 nitrogen and oxygen atoms in total. The van der Waals surface area contributed by atoms with E-state index in [1.807, 2.05) is 89.7 Å². The van der Waals surface area contributed by atoms with E-state index >= 15 is 0 Å². The zero-order valence-corrected chi connectivity index (χ0v) is 22.4. The van der Waals surface area contributed by atoms with Crippen LogP contribution in [0.4, 0.5) is 0 Å². The quantitative estimate of drug-likeness (QED) is 0.209. The highest BCUT2D eigenvalue weighted by molar-refractivity contribution is 5.86. The van der Waals surface area contributed by atoms with E-state index in [2.05, 4.69) is 49.4 Å². The Morgan fingerprint density at radius 3 is 2.10 bits per heavy atom. The van der Waals surface area contributed by atoms with E-state index in [1.54, 1.807) is 6.07 Å². The molecule has 0 fully saturated rings. The number of para-hydroxylation sites is 2. The van der Waals surface area contributed by atoms with Crippen molar-refractivity contribution < 1.29 is 4.42 Å². The minimum Gasteiger partial charge on any atom is -0.422 e. The molecule has 0 unspecified atom stereocenters. The summed E-state index contributed by atoms with van der Waals surface area (Å²) in [5.74, 6) is 0. The van der Waals surface area contributed by atoms with Crippen molar-refractivity contribution >= 4 is 11.0 Å². The number of hydrogen-bond acceptors (Lipinski definition) is 4. The van der Waals surface area contributed by atoms with Crippen molar-refractivity contribution in [2.45, 2.75) is 6.92 Å². The van der Waals surface area contributed by atoms with E-state index in [9.17, 15) is 4.79 Å². The molecule has 0 radical (unpaired) electrons. The molecule has 0 amide bonds. The van der Waals surface area contributed by atoms with E-state index in [4.69, 9.17) is 14.5 Å². The topological polar surface area (TPSA) is 60.9 Å². The Morgan fingerprint density at radius 1 is 0.634 bits per heavy atom. The summed E-state index contributed by atoms with van der Waals surface area (Å²) in [6.07, 6.45) is 2.04. The summed E-state index contributed by atoms with van der Waals surface area (Å²) < 4.78 is 7.59. The van der Waals surface area contributed by atoms with E-state index in [-0.39, 0.29) is 0 Å². The third kappa shape index (κ3) is 4.74. The highest BCUT2D eigenvalue weighted by Crippen LogP contribution is 2.36. The number of fused-ring (bicyclic) bond motifs is 1. The normalized spacial score (nSPS) is 11.1. The van der Waals surface area contributed by atoms with E-state index in [0.717, 1.165) is 50.3 Å². The molecule has 5 heteroatoms. The number of benzene rings is 4. The minimum atomic E-state index is -0.425. The van der Waals surface area contributed by atoms with Gasteiger partial charge in [-0.3, -0.25) is 0 Å². The summed E-state index contributed by atoms with van der Waals surface area (Å²) in [5.41, 5.74) is 8.59. The molecule has 7 aromatic rings. The van der Waals surface area contributed by atoms with Gasteiger partial charge in [0.05, 0.1) is 22.6 Å². The van der Waals surface area contributed by atoms with Crippen LogP contribution in [-0.4, -0.2) is 14.8 Å². The minimum absolute atomic E-state index is 0.413. The van der Waals surface area contributed by atoms with Crippen molar-refractivity contribution in [3.8, 4) is 50.6 Å². The van der Waals surface area contributed by atoms with Crippen LogP contribution < -0.4 is 5.63 Å². The zero-order valence-electron chi connectivity index (χ0n) is 22.4. The first-order valence-electron chi connectivity index (χ1n) is 13.5. The lowest BCUT2D eigenvalue weighted by atomic mass is 9.98. The van der Waals surface area contributed by atoms with Gasteiger partial charge >= 0.3 is 5.63 Å². The van der Waals surface area contributed by atoms with Crippen molar-refractivity contribution in [3.63, 3.8) is 0 Å². The van der Waals surface area contributed by atoms with Crippen molar-refractivity contribution in [1.29, 1.82) is 0 Å². The first-order chi connectivity index (χ1) is 20.1. The van der Waals surface area contributed by atoms with Gasteiger partial charge in [0.25, 0.3) is 0 Å². The Morgan fingerprint density at radius 2 is 1.32 bits per heavy atom. The lowest BCUT2D eigenvalue weighted by Crippen LogP contribution is -2.04. The average Bonchev–Trinajstić information content (AvgIpc) is 3.48. The monoisotopic (exact) mass is 531 g/mol. The Bertz CT molecular complexity index is 2060. The van der Waals surface area contributed by atoms with E-state index < -0.39 is 5.63 Å². The van der Waals surface area contributed by atoms with Gasteiger partial charge < -0.3 is 4.42 Å². The Hall–Kier alpha value is -5.55. The molecule has 3 heterocycles. The molecule has 0 aliphatic rings. The maximum absolute atomic E-state index is 13.2. The number of nitrogens with zero attached hydrogens (tertiary/aromatic N) is 3. The molecule has 0 spiro atoms. The number of hydrogen-bond donors (Lipinski definition) is 0. The summed E-state index contributed by atoms with van der Waals surface area (Å²) in [5, 5.41) is 5.86. The van der Waals surface area contributed by atoms with Gasteiger partial charge in [0.2, 0.25) is 0 Å². The maximum atomic E-state index is 13.2. The molecule has 0 aliphatic carbocycles. The molecular weight excluding hydrogens is 506 g/mol. The fourth-order valence-corrected chi connectivity index (χ4v) is 5.04. The van der Waals surface area contributed by atoms with Gasteiger partial charge in [-0.2, -0.15) is 5.10 Å². The molecule has 0 atom stereocenters. The first kappa shape index (κ1) is 24.5. The molecule has 41 heavy (non-hydrogen) atoms. The van der Waals surface area contributed by atoms with Gasteiger partial charge in [0.1, 0.15) is 11.3 Å². The predicted octanol–water partition coefficient (Wildman–Crippen LogP) is 8.35. The molecule has 0 saturated carbocycles. The molecule has 0 saturated heterocycles. The third-order valence-electron chi connectivity index (χ3n) is 7.18. The zero-order chi connectivity index (χ0) is 27.8. The van der Waals surface area contributed by atoms with Crippen LogP contribution in [0.25, 0.3) is 61.6 Å². The van der Waals surface area contributed by atoms with E-state index in [0.29, 0.717) is 16.8 Å². The summed E-state index contributed by atoms with van der Waals surface area (Å²) in [6.45, 7) is 2.06. The average molecular weight is 532 g/mol. The summed E-state index contributed by atoms with van der Waals surface area (Å²) in [4.78, 5) is 18.2. The van der Waals surface area contributed by atoms with Gasteiger partial charge in [0.15, 0.2) is 0 Å². The fraction of sp³-hybridized carbons (Fsp3) is 0.0278. The van der Waals surface area contributed by atoms with Crippen molar-refractivity contribution in [2.24, 2.45) is 0 Å². The molecule has 196 valence electrons. The second-order valence-corrected chi connectivity index (χ2v) is 10.0. The molecule has 0 aliphatic heterocycles. The molecular formula is C36H25N3O2. The Balaban J connectivity index is 1.49.